The number of benzene rings is 1. The maximum absolute atomic E-state index is 12.6. The van der Waals surface area contributed by atoms with Crippen molar-refractivity contribution in [3.8, 4) is 0 Å². The average Bonchev–Trinajstić information content (AvgIpc) is 2.66. The van der Waals surface area contributed by atoms with E-state index in [2.05, 4.69) is 20.2 Å². The molecule has 0 spiro atoms. The van der Waals surface area contributed by atoms with Crippen LogP contribution in [0, 0.1) is 0 Å². The normalized spacial score (nSPS) is 15.5. The fourth-order valence-electron chi connectivity index (χ4n) is 3.30. The van der Waals surface area contributed by atoms with Crippen molar-refractivity contribution in [3.63, 3.8) is 0 Å². The molecule has 1 fully saturated rings. The van der Waals surface area contributed by atoms with Crippen molar-refractivity contribution in [1.82, 2.24) is 19.5 Å². The molecule has 0 amide bonds. The molecule has 1 aliphatic heterocycles. The lowest BCUT2D eigenvalue weighted by molar-refractivity contribution is 0.512. The molecule has 4 rings (SSSR count). The molecule has 128 valence electrons. The number of piperidine rings is 1. The van der Waals surface area contributed by atoms with Crippen molar-refractivity contribution in [2.24, 2.45) is 7.05 Å². The zero-order valence-electron chi connectivity index (χ0n) is 14.1. The van der Waals surface area contributed by atoms with Gasteiger partial charge in [-0.3, -0.25) is 9.36 Å². The van der Waals surface area contributed by atoms with Crippen molar-refractivity contribution < 1.29 is 0 Å². The maximum Gasteiger partial charge on any atom is 0.262 e. The molecule has 0 unspecified atom stereocenters. The van der Waals surface area contributed by atoms with Crippen molar-refractivity contribution in [2.75, 3.05) is 23.3 Å². The molecule has 1 N–H and O–H groups in total. The minimum Gasteiger partial charge on any atom is -0.367 e. The van der Waals surface area contributed by atoms with Crippen LogP contribution in [0.3, 0.4) is 0 Å². The number of hydrogen-bond donors (Lipinski definition) is 1. The summed E-state index contributed by atoms with van der Waals surface area (Å²) in [4.78, 5) is 27.6. The smallest absolute Gasteiger partial charge is 0.262 e. The molecule has 0 radical (unpaired) electrons. The molecule has 0 bridgehead atoms. The van der Waals surface area contributed by atoms with Crippen LogP contribution in [-0.4, -0.2) is 38.7 Å². The second-order valence-corrected chi connectivity index (χ2v) is 6.29. The topological polar surface area (TPSA) is 75.9 Å². The number of rotatable bonds is 3. The lowest BCUT2D eigenvalue weighted by Crippen LogP contribution is -2.42. The minimum absolute atomic E-state index is 0.00170. The van der Waals surface area contributed by atoms with Gasteiger partial charge in [-0.2, -0.15) is 0 Å². The van der Waals surface area contributed by atoms with E-state index in [9.17, 15) is 4.79 Å². The third-order valence-electron chi connectivity index (χ3n) is 4.67. The van der Waals surface area contributed by atoms with Crippen LogP contribution in [0.5, 0.6) is 0 Å². The van der Waals surface area contributed by atoms with Gasteiger partial charge in [-0.05, 0) is 31.0 Å². The lowest BCUT2D eigenvalue weighted by Gasteiger charge is -2.34. The predicted octanol–water partition coefficient (Wildman–Crippen LogP) is 1.80. The molecule has 7 heteroatoms. The summed E-state index contributed by atoms with van der Waals surface area (Å²) in [5.74, 6) is 1.59. The first kappa shape index (κ1) is 15.6. The Bertz CT molecular complexity index is 931. The highest BCUT2D eigenvalue weighted by Gasteiger charge is 2.22. The Balaban J connectivity index is 1.52. The summed E-state index contributed by atoms with van der Waals surface area (Å²) in [6, 6.07) is 9.74. The van der Waals surface area contributed by atoms with Crippen molar-refractivity contribution in [2.45, 2.75) is 18.9 Å². The Labute approximate surface area is 145 Å². The van der Waals surface area contributed by atoms with Gasteiger partial charge in [0.05, 0.1) is 10.9 Å². The molecule has 2 aromatic heterocycles. The lowest BCUT2D eigenvalue weighted by atomic mass is 10.1. The second kappa shape index (κ2) is 6.51. The van der Waals surface area contributed by atoms with E-state index in [1.807, 2.05) is 30.3 Å². The number of aromatic nitrogens is 4. The standard InChI is InChI=1S/C18H20N6O/c1-23-17(25)14-4-2-3-5-15(14)22-18(23)24-10-7-13(8-11-24)21-16-6-9-19-12-20-16/h2-6,9,12-13H,7-8,10-11H2,1H3,(H,19,20,21). The van der Waals surface area contributed by atoms with Crippen LogP contribution in [0.2, 0.25) is 0 Å². The monoisotopic (exact) mass is 336 g/mol. The average molecular weight is 336 g/mol. The predicted molar refractivity (Wildman–Crippen MR) is 97.9 cm³/mol. The zero-order valence-corrected chi connectivity index (χ0v) is 14.1. The molecular weight excluding hydrogens is 316 g/mol. The van der Waals surface area contributed by atoms with Crippen LogP contribution in [-0.2, 0) is 7.05 Å². The van der Waals surface area contributed by atoms with Gasteiger partial charge in [-0.1, -0.05) is 12.1 Å². The second-order valence-electron chi connectivity index (χ2n) is 6.29. The number of para-hydroxylation sites is 1. The molecular formula is C18H20N6O. The Morgan fingerprint density at radius 1 is 1.16 bits per heavy atom. The van der Waals surface area contributed by atoms with Gasteiger partial charge in [-0.25, -0.2) is 15.0 Å². The van der Waals surface area contributed by atoms with Crippen LogP contribution in [0.1, 0.15) is 12.8 Å². The number of nitrogens with one attached hydrogen (secondary N) is 1. The fraction of sp³-hybridized carbons (Fsp3) is 0.333. The van der Waals surface area contributed by atoms with Crippen molar-refractivity contribution in [3.05, 3.63) is 53.2 Å². The summed E-state index contributed by atoms with van der Waals surface area (Å²) in [5.41, 5.74) is 0.753. The van der Waals surface area contributed by atoms with Gasteiger partial charge in [0.2, 0.25) is 5.95 Å². The molecule has 1 saturated heterocycles. The molecule has 1 aromatic carbocycles. The highest BCUT2D eigenvalue weighted by molar-refractivity contribution is 5.78. The van der Waals surface area contributed by atoms with Crippen LogP contribution in [0.4, 0.5) is 11.8 Å². The molecule has 3 heterocycles. The van der Waals surface area contributed by atoms with Gasteiger partial charge in [0.15, 0.2) is 0 Å². The van der Waals surface area contributed by atoms with Gasteiger partial charge in [0.25, 0.3) is 5.56 Å². The summed E-state index contributed by atoms with van der Waals surface area (Å²) in [5, 5.41) is 4.10. The van der Waals surface area contributed by atoms with E-state index in [1.165, 1.54) is 0 Å². The number of hydrogen-bond acceptors (Lipinski definition) is 6. The van der Waals surface area contributed by atoms with Gasteiger partial charge < -0.3 is 10.2 Å². The van der Waals surface area contributed by atoms with Gasteiger partial charge in [0, 0.05) is 32.4 Å². The first-order valence-electron chi connectivity index (χ1n) is 8.45. The van der Waals surface area contributed by atoms with E-state index < -0.39 is 0 Å². The number of nitrogens with zero attached hydrogens (tertiary/aromatic N) is 5. The fourth-order valence-corrected chi connectivity index (χ4v) is 3.30. The van der Waals surface area contributed by atoms with E-state index in [0.29, 0.717) is 11.4 Å². The third kappa shape index (κ3) is 3.05. The molecule has 0 aliphatic carbocycles. The summed E-state index contributed by atoms with van der Waals surface area (Å²) in [6.07, 6.45) is 5.21. The summed E-state index contributed by atoms with van der Waals surface area (Å²) >= 11 is 0. The summed E-state index contributed by atoms with van der Waals surface area (Å²) in [7, 11) is 1.79. The van der Waals surface area contributed by atoms with Crippen molar-refractivity contribution in [1.29, 1.82) is 0 Å². The van der Waals surface area contributed by atoms with E-state index in [1.54, 1.807) is 24.1 Å². The van der Waals surface area contributed by atoms with Crippen molar-refractivity contribution >= 4 is 22.7 Å². The summed E-state index contributed by atoms with van der Waals surface area (Å²) in [6.45, 7) is 1.70. The van der Waals surface area contributed by atoms with Gasteiger partial charge >= 0.3 is 0 Å². The number of anilines is 2. The zero-order chi connectivity index (χ0) is 17.2. The number of fused-ring (bicyclic) bond motifs is 1. The molecule has 1 aliphatic rings. The first-order valence-corrected chi connectivity index (χ1v) is 8.45. The molecule has 25 heavy (non-hydrogen) atoms. The van der Waals surface area contributed by atoms with Gasteiger partial charge in [-0.15, -0.1) is 0 Å². The van der Waals surface area contributed by atoms with Crippen LogP contribution in [0.25, 0.3) is 10.9 Å². The first-order chi connectivity index (χ1) is 12.2. The highest BCUT2D eigenvalue weighted by atomic mass is 16.1. The van der Waals surface area contributed by atoms with E-state index >= 15 is 0 Å². The quantitative estimate of drug-likeness (QED) is 0.786. The largest absolute Gasteiger partial charge is 0.367 e. The molecule has 7 nitrogen and oxygen atoms in total. The van der Waals surface area contributed by atoms with Crippen LogP contribution in [0.15, 0.2) is 47.7 Å². The van der Waals surface area contributed by atoms with Gasteiger partial charge in [0.1, 0.15) is 12.1 Å². The Kier molecular flexibility index (Phi) is 4.05. The molecule has 0 atom stereocenters. The maximum atomic E-state index is 12.6. The van der Waals surface area contributed by atoms with E-state index in [0.717, 1.165) is 43.2 Å². The van der Waals surface area contributed by atoms with E-state index in [4.69, 9.17) is 4.98 Å². The Hall–Kier alpha value is -2.96. The third-order valence-corrected chi connectivity index (χ3v) is 4.67. The van der Waals surface area contributed by atoms with Crippen LogP contribution >= 0.6 is 0 Å². The highest BCUT2D eigenvalue weighted by Crippen LogP contribution is 2.20. The Morgan fingerprint density at radius 2 is 1.96 bits per heavy atom. The minimum atomic E-state index is 0.00170. The molecule has 0 saturated carbocycles. The SMILES string of the molecule is Cn1c(N2CCC(Nc3ccncn3)CC2)nc2ccccc2c1=O. The summed E-state index contributed by atoms with van der Waals surface area (Å²) < 4.78 is 1.65. The Morgan fingerprint density at radius 3 is 2.72 bits per heavy atom. The van der Waals surface area contributed by atoms with E-state index in [-0.39, 0.29) is 5.56 Å². The van der Waals surface area contributed by atoms with Crippen LogP contribution < -0.4 is 15.8 Å². The molecule has 3 aromatic rings.